The molecule has 2 unspecified atom stereocenters. The minimum atomic E-state index is -1.64. The molecule has 1 aromatic heterocycles. The average molecular weight is 439 g/mol. The average Bonchev–Trinajstić information content (AvgIpc) is 3.37. The lowest BCUT2D eigenvalue weighted by Gasteiger charge is -2.36. The van der Waals surface area contributed by atoms with E-state index in [1.807, 2.05) is 0 Å². The Kier molecular flexibility index (Phi) is 5.65. The molecule has 0 aliphatic carbocycles. The van der Waals surface area contributed by atoms with E-state index in [-0.39, 0.29) is 43.7 Å². The van der Waals surface area contributed by atoms with Gasteiger partial charge in [0.1, 0.15) is 18.1 Å². The first-order chi connectivity index (χ1) is 14.8. The molecule has 0 radical (unpaired) electrons. The van der Waals surface area contributed by atoms with E-state index in [1.54, 1.807) is 0 Å². The summed E-state index contributed by atoms with van der Waals surface area (Å²) >= 11 is 0. The molecular weight excluding hydrogens is 419 g/mol. The Bertz CT molecular complexity index is 951. The molecule has 2 amide bonds. The predicted octanol–water partition coefficient (Wildman–Crippen LogP) is 1.55. The number of rotatable bonds is 5. The maximum Gasteiger partial charge on any atom is 0.414 e. The van der Waals surface area contributed by atoms with Crippen LogP contribution in [-0.2, 0) is 9.53 Å². The molecule has 1 N–H and O–H groups in total. The highest BCUT2D eigenvalue weighted by Gasteiger charge is 2.36. The highest BCUT2D eigenvalue weighted by atomic mass is 19.1. The third-order valence-corrected chi connectivity index (χ3v) is 5.30. The van der Waals surface area contributed by atoms with Gasteiger partial charge in [0.2, 0.25) is 5.91 Å². The minimum absolute atomic E-state index is 0.0143. The molecule has 166 valence electrons. The molecule has 2 aromatic rings. The number of nitrogens with one attached hydrogen (secondary N) is 1. The molecule has 0 spiro atoms. The zero-order chi connectivity index (χ0) is 22.1. The fraction of sp³-hybridized carbons (Fsp3) is 0.500. The van der Waals surface area contributed by atoms with Crippen molar-refractivity contribution in [1.29, 1.82) is 0 Å². The van der Waals surface area contributed by atoms with Crippen molar-refractivity contribution in [2.24, 2.45) is 0 Å². The van der Waals surface area contributed by atoms with Crippen LogP contribution in [0.25, 0.3) is 0 Å². The van der Waals surface area contributed by atoms with Crippen molar-refractivity contribution < 1.29 is 27.5 Å². The molecule has 3 atom stereocenters. The van der Waals surface area contributed by atoms with Crippen molar-refractivity contribution in [2.45, 2.75) is 38.2 Å². The number of piperidine rings is 1. The van der Waals surface area contributed by atoms with Crippen molar-refractivity contribution in [3.05, 3.63) is 30.1 Å². The number of tetrazole rings is 1. The number of amides is 2. The lowest BCUT2D eigenvalue weighted by atomic mass is 10.0. The van der Waals surface area contributed by atoms with Gasteiger partial charge in [0.15, 0.2) is 17.9 Å². The van der Waals surface area contributed by atoms with Crippen molar-refractivity contribution in [2.75, 3.05) is 29.4 Å². The molecule has 2 fully saturated rings. The van der Waals surface area contributed by atoms with E-state index in [2.05, 4.69) is 20.8 Å². The number of anilines is 2. The molecule has 2 aliphatic rings. The van der Waals surface area contributed by atoms with Crippen LogP contribution in [-0.4, -0.2) is 64.2 Å². The topological polar surface area (TPSA) is 105 Å². The Balaban J connectivity index is 1.49. The van der Waals surface area contributed by atoms with Crippen LogP contribution in [0.4, 0.5) is 29.3 Å². The second-order valence-corrected chi connectivity index (χ2v) is 7.41. The number of carbonyl (C=O) groups excluding carboxylic acids is 2. The van der Waals surface area contributed by atoms with Gasteiger partial charge in [-0.3, -0.25) is 9.69 Å². The van der Waals surface area contributed by atoms with E-state index >= 15 is 0 Å². The van der Waals surface area contributed by atoms with Gasteiger partial charge in [0.05, 0.1) is 24.8 Å². The Morgan fingerprint density at radius 3 is 2.68 bits per heavy atom. The van der Waals surface area contributed by atoms with E-state index in [0.717, 1.165) is 21.9 Å². The summed E-state index contributed by atoms with van der Waals surface area (Å²) in [5.41, 5.74) is -0.540. The van der Waals surface area contributed by atoms with Gasteiger partial charge in [0.25, 0.3) is 0 Å². The van der Waals surface area contributed by atoms with Gasteiger partial charge in [-0.2, -0.15) is 0 Å². The fourth-order valence-corrected chi connectivity index (χ4v) is 3.80. The summed E-state index contributed by atoms with van der Waals surface area (Å²) in [6, 6.07) is 1.63. The number of aromatic nitrogens is 4. The van der Waals surface area contributed by atoms with Gasteiger partial charge in [-0.05, 0) is 16.8 Å². The summed E-state index contributed by atoms with van der Waals surface area (Å²) in [7, 11) is 0. The highest BCUT2D eigenvalue weighted by Crippen LogP contribution is 2.36. The molecular formula is C18H20F3N7O3. The van der Waals surface area contributed by atoms with Gasteiger partial charge in [-0.15, -0.1) is 5.10 Å². The maximum atomic E-state index is 14.8. The minimum Gasteiger partial charge on any atom is -0.442 e. The first-order valence-corrected chi connectivity index (χ1v) is 9.68. The Morgan fingerprint density at radius 2 is 2.06 bits per heavy atom. The van der Waals surface area contributed by atoms with Gasteiger partial charge in [-0.1, -0.05) is 0 Å². The molecule has 0 bridgehead atoms. The monoisotopic (exact) mass is 439 g/mol. The summed E-state index contributed by atoms with van der Waals surface area (Å²) in [4.78, 5) is 25.2. The van der Waals surface area contributed by atoms with E-state index in [4.69, 9.17) is 4.74 Å². The van der Waals surface area contributed by atoms with Crippen LogP contribution < -0.4 is 15.1 Å². The highest BCUT2D eigenvalue weighted by molar-refractivity contribution is 5.90. The second-order valence-electron chi connectivity index (χ2n) is 7.41. The Hall–Kier alpha value is -3.38. The Morgan fingerprint density at radius 1 is 1.32 bits per heavy atom. The van der Waals surface area contributed by atoms with E-state index in [9.17, 15) is 22.8 Å². The van der Waals surface area contributed by atoms with Crippen LogP contribution in [0, 0.1) is 11.6 Å². The number of hydrogen-bond acceptors (Lipinski definition) is 7. The van der Waals surface area contributed by atoms with Crippen LogP contribution in [0.5, 0.6) is 0 Å². The molecule has 13 heteroatoms. The van der Waals surface area contributed by atoms with Gasteiger partial charge >= 0.3 is 6.09 Å². The van der Waals surface area contributed by atoms with Gasteiger partial charge in [0, 0.05) is 32.0 Å². The number of halogens is 3. The quantitative estimate of drug-likeness (QED) is 0.705. The third kappa shape index (κ3) is 4.25. The number of alkyl halides is 1. The van der Waals surface area contributed by atoms with E-state index in [1.165, 1.54) is 17.9 Å². The van der Waals surface area contributed by atoms with Crippen LogP contribution in [0.3, 0.4) is 0 Å². The number of nitrogens with zero attached hydrogens (tertiary/aromatic N) is 6. The number of ether oxygens (including phenoxy) is 1. The molecule has 10 nitrogen and oxygen atoms in total. The Labute approximate surface area is 174 Å². The summed E-state index contributed by atoms with van der Waals surface area (Å²) in [6.45, 7) is 1.48. The number of benzene rings is 1. The van der Waals surface area contributed by atoms with Crippen molar-refractivity contribution in [3.63, 3.8) is 0 Å². The smallest absolute Gasteiger partial charge is 0.414 e. The maximum absolute atomic E-state index is 14.8. The summed E-state index contributed by atoms with van der Waals surface area (Å²) in [5, 5.41) is 13.3. The van der Waals surface area contributed by atoms with Gasteiger partial charge < -0.3 is 15.0 Å². The largest absolute Gasteiger partial charge is 0.442 e. The van der Waals surface area contributed by atoms with Crippen molar-refractivity contribution >= 4 is 23.4 Å². The SMILES string of the molecule is CC(=O)NC[C@H]1CN(c2cc(F)c(N3CCC(n4cnnn4)CC3F)c(F)c2)C(=O)O1. The molecule has 2 saturated heterocycles. The van der Waals surface area contributed by atoms with Crippen molar-refractivity contribution in [1.82, 2.24) is 25.5 Å². The first kappa shape index (κ1) is 20.9. The molecule has 0 saturated carbocycles. The molecule has 1 aromatic carbocycles. The lowest BCUT2D eigenvalue weighted by molar-refractivity contribution is -0.119. The van der Waals surface area contributed by atoms with Crippen LogP contribution >= 0.6 is 0 Å². The molecule has 2 aliphatic heterocycles. The van der Waals surface area contributed by atoms with Gasteiger partial charge in [-0.25, -0.2) is 22.6 Å². The van der Waals surface area contributed by atoms with E-state index < -0.39 is 35.8 Å². The number of cyclic esters (lactones) is 1. The molecule has 4 rings (SSSR count). The molecule has 31 heavy (non-hydrogen) atoms. The third-order valence-electron chi connectivity index (χ3n) is 5.30. The van der Waals surface area contributed by atoms with Crippen molar-refractivity contribution in [3.8, 4) is 0 Å². The van der Waals surface area contributed by atoms with E-state index in [0.29, 0.717) is 6.42 Å². The summed E-state index contributed by atoms with van der Waals surface area (Å²) in [5.74, 6) is -2.27. The first-order valence-electron chi connectivity index (χ1n) is 9.68. The van der Waals surface area contributed by atoms with Crippen LogP contribution in [0.1, 0.15) is 25.8 Å². The fourth-order valence-electron chi connectivity index (χ4n) is 3.80. The summed E-state index contributed by atoms with van der Waals surface area (Å²) < 4.78 is 51.0. The zero-order valence-corrected chi connectivity index (χ0v) is 16.5. The lowest BCUT2D eigenvalue weighted by Crippen LogP contribution is -2.42. The van der Waals surface area contributed by atoms with Crippen LogP contribution in [0.15, 0.2) is 18.5 Å². The zero-order valence-electron chi connectivity index (χ0n) is 16.5. The number of hydrogen-bond donors (Lipinski definition) is 1. The normalized spacial score (nSPS) is 23.7. The molecule has 3 heterocycles. The summed E-state index contributed by atoms with van der Waals surface area (Å²) in [6.07, 6.45) is -1.34. The standard InChI is InChI=1S/C18H20F3N7O3/c1-10(29)22-7-13-8-27(18(30)31-13)12-4-14(19)17(15(20)5-12)26-3-2-11(6-16(26)21)28-9-23-24-25-28/h4-5,9,11,13,16H,2-3,6-8H2,1H3,(H,22,29)/t11?,13-,16?/m0/s1. The second kappa shape index (κ2) is 8.40. The van der Waals surface area contributed by atoms with Crippen LogP contribution in [0.2, 0.25) is 0 Å². The predicted molar refractivity (Wildman–Crippen MR) is 101 cm³/mol. The number of carbonyl (C=O) groups is 2.